The number of benzene rings is 1. The molecular weight excluding hydrogens is 256 g/mol. The Kier molecular flexibility index (Phi) is 4.41. The molecule has 0 saturated heterocycles. The third-order valence-corrected chi connectivity index (χ3v) is 2.81. The van der Waals surface area contributed by atoms with Gasteiger partial charge in [-0.1, -0.05) is 50.3 Å². The zero-order valence-corrected chi connectivity index (χ0v) is 11.8. The van der Waals surface area contributed by atoms with E-state index in [0.29, 0.717) is 4.77 Å². The van der Waals surface area contributed by atoms with Crippen LogP contribution < -0.4 is 0 Å². The minimum Gasteiger partial charge on any atom is -0.250 e. The molecule has 1 N–H and O–H groups in total. The van der Waals surface area contributed by atoms with Gasteiger partial charge in [-0.25, -0.2) is 0 Å². The highest BCUT2D eigenvalue weighted by Crippen LogP contribution is 2.10. The average Bonchev–Trinajstić information content (AvgIpc) is 2.77. The Morgan fingerprint density at radius 3 is 2.74 bits per heavy atom. The van der Waals surface area contributed by atoms with Crippen LogP contribution in [0.4, 0.5) is 0 Å². The van der Waals surface area contributed by atoms with Crippen LogP contribution in [0.3, 0.4) is 0 Å². The lowest BCUT2D eigenvalue weighted by Crippen LogP contribution is -2.00. The van der Waals surface area contributed by atoms with Gasteiger partial charge in [0.1, 0.15) is 0 Å². The van der Waals surface area contributed by atoms with Crippen LogP contribution in [0.1, 0.15) is 31.2 Å². The second-order valence-electron chi connectivity index (χ2n) is 4.39. The van der Waals surface area contributed by atoms with E-state index in [1.807, 2.05) is 42.5 Å². The van der Waals surface area contributed by atoms with Gasteiger partial charge in [0.25, 0.3) is 0 Å². The van der Waals surface area contributed by atoms with Crippen LogP contribution in [0.25, 0.3) is 6.08 Å². The molecule has 5 heteroatoms. The molecule has 4 nitrogen and oxygen atoms in total. The minimum atomic E-state index is 0.267. The minimum absolute atomic E-state index is 0.267. The Morgan fingerprint density at radius 1 is 1.32 bits per heavy atom. The number of rotatable bonds is 4. The first kappa shape index (κ1) is 13.4. The number of nitrogens with zero attached hydrogens (tertiary/aromatic N) is 3. The summed E-state index contributed by atoms with van der Waals surface area (Å²) in [6.07, 6.45) is 5.58. The van der Waals surface area contributed by atoms with Gasteiger partial charge in [-0.2, -0.15) is 14.9 Å². The first-order chi connectivity index (χ1) is 9.18. The lowest BCUT2D eigenvalue weighted by molar-refractivity contribution is 0.696. The van der Waals surface area contributed by atoms with Gasteiger partial charge in [0, 0.05) is 12.1 Å². The molecule has 0 spiro atoms. The summed E-state index contributed by atoms with van der Waals surface area (Å²) < 4.78 is 2.16. The van der Waals surface area contributed by atoms with E-state index in [4.69, 9.17) is 12.2 Å². The molecule has 1 aromatic carbocycles. The molecule has 1 aromatic heterocycles. The van der Waals surface area contributed by atoms with Gasteiger partial charge in [0.15, 0.2) is 5.82 Å². The molecule has 19 heavy (non-hydrogen) atoms. The summed E-state index contributed by atoms with van der Waals surface area (Å²) in [7, 11) is 0. The van der Waals surface area contributed by atoms with Crippen LogP contribution in [0.5, 0.6) is 0 Å². The first-order valence-electron chi connectivity index (χ1n) is 6.12. The third kappa shape index (κ3) is 3.48. The maximum atomic E-state index is 5.14. The van der Waals surface area contributed by atoms with E-state index in [2.05, 4.69) is 29.1 Å². The monoisotopic (exact) mass is 272 g/mol. The van der Waals surface area contributed by atoms with Crippen LogP contribution in [-0.2, 0) is 0 Å². The zero-order valence-electron chi connectivity index (χ0n) is 10.9. The van der Waals surface area contributed by atoms with Gasteiger partial charge in [-0.3, -0.25) is 5.10 Å². The predicted octanol–water partition coefficient (Wildman–Crippen LogP) is 3.61. The summed E-state index contributed by atoms with van der Waals surface area (Å²) in [6.45, 7) is 4.10. The molecule has 0 aliphatic carbocycles. The van der Waals surface area contributed by atoms with Crippen molar-refractivity contribution in [1.29, 1.82) is 0 Å². The standard InChI is InChI=1S/C14H16N4S/c1-11(2)13-16-17-14(19)18(13)15-10-6-9-12-7-4-3-5-8-12/h3-11H,1-2H3,(H,17,19)/b9-6-,15-10+. The van der Waals surface area contributed by atoms with Crippen molar-refractivity contribution in [2.45, 2.75) is 19.8 Å². The summed E-state index contributed by atoms with van der Waals surface area (Å²) >= 11 is 5.14. The van der Waals surface area contributed by atoms with Crippen molar-refractivity contribution in [3.05, 3.63) is 52.6 Å². The van der Waals surface area contributed by atoms with Gasteiger partial charge in [-0.15, -0.1) is 0 Å². The summed E-state index contributed by atoms with van der Waals surface area (Å²) in [4.78, 5) is 0. The molecule has 98 valence electrons. The molecule has 0 radical (unpaired) electrons. The van der Waals surface area contributed by atoms with Crippen molar-refractivity contribution in [2.75, 3.05) is 0 Å². The van der Waals surface area contributed by atoms with Crippen molar-refractivity contribution in [2.24, 2.45) is 5.10 Å². The number of aromatic amines is 1. The van der Waals surface area contributed by atoms with E-state index in [1.165, 1.54) is 0 Å². The Hall–Kier alpha value is -2.01. The van der Waals surface area contributed by atoms with Gasteiger partial charge in [0.05, 0.1) is 0 Å². The number of aromatic nitrogens is 3. The van der Waals surface area contributed by atoms with Gasteiger partial charge < -0.3 is 0 Å². The molecule has 0 aliphatic rings. The smallest absolute Gasteiger partial charge is 0.216 e. The Labute approximate surface area is 117 Å². The number of hydrogen-bond acceptors (Lipinski definition) is 3. The van der Waals surface area contributed by atoms with Crippen molar-refractivity contribution in [3.63, 3.8) is 0 Å². The molecule has 2 aromatic rings. The molecule has 0 unspecified atom stereocenters. The molecule has 0 aliphatic heterocycles. The number of nitrogens with one attached hydrogen (secondary N) is 1. The molecule has 2 rings (SSSR count). The van der Waals surface area contributed by atoms with Crippen molar-refractivity contribution in [1.82, 2.24) is 14.9 Å². The fraction of sp³-hybridized carbons (Fsp3) is 0.214. The molecule has 0 saturated carbocycles. The lowest BCUT2D eigenvalue weighted by Gasteiger charge is -2.01. The highest BCUT2D eigenvalue weighted by atomic mass is 32.1. The van der Waals surface area contributed by atoms with Gasteiger partial charge >= 0.3 is 0 Å². The Morgan fingerprint density at radius 2 is 2.05 bits per heavy atom. The maximum Gasteiger partial charge on any atom is 0.216 e. The van der Waals surface area contributed by atoms with E-state index >= 15 is 0 Å². The third-order valence-electron chi connectivity index (χ3n) is 2.55. The highest BCUT2D eigenvalue weighted by Gasteiger charge is 2.08. The highest BCUT2D eigenvalue weighted by molar-refractivity contribution is 7.71. The number of hydrogen-bond donors (Lipinski definition) is 1. The SMILES string of the molecule is CC(C)c1n[nH]c(=S)n1/N=C/C=C\c1ccccc1. The predicted molar refractivity (Wildman–Crippen MR) is 80.9 cm³/mol. The first-order valence-corrected chi connectivity index (χ1v) is 6.52. The normalized spacial score (nSPS) is 11.9. The summed E-state index contributed by atoms with van der Waals surface area (Å²) in [5, 5.41) is 11.2. The summed E-state index contributed by atoms with van der Waals surface area (Å²) in [6, 6.07) is 10.1. The fourth-order valence-corrected chi connectivity index (χ4v) is 1.80. The Balaban J connectivity index is 2.14. The zero-order chi connectivity index (χ0) is 13.7. The molecule has 0 bridgehead atoms. The van der Waals surface area contributed by atoms with Crippen molar-refractivity contribution in [3.8, 4) is 0 Å². The second kappa shape index (κ2) is 6.24. The quantitative estimate of drug-likeness (QED) is 0.682. The van der Waals surface area contributed by atoms with Crippen molar-refractivity contribution < 1.29 is 0 Å². The average molecular weight is 272 g/mol. The van der Waals surface area contributed by atoms with E-state index in [0.717, 1.165) is 11.4 Å². The summed E-state index contributed by atoms with van der Waals surface area (Å²) in [5.74, 6) is 1.09. The fourth-order valence-electron chi connectivity index (χ4n) is 1.61. The summed E-state index contributed by atoms with van der Waals surface area (Å²) in [5.41, 5.74) is 1.13. The number of H-pyrrole nitrogens is 1. The van der Waals surface area contributed by atoms with Crippen LogP contribution in [-0.4, -0.2) is 21.1 Å². The van der Waals surface area contributed by atoms with Crippen LogP contribution in [0, 0.1) is 4.77 Å². The molecular formula is C14H16N4S. The maximum absolute atomic E-state index is 5.14. The molecule has 0 atom stereocenters. The van der Waals surface area contributed by atoms with E-state index in [1.54, 1.807) is 10.9 Å². The Bertz CT molecular complexity index is 635. The van der Waals surface area contributed by atoms with Crippen LogP contribution in [0.15, 0.2) is 41.5 Å². The van der Waals surface area contributed by atoms with Crippen LogP contribution in [0.2, 0.25) is 0 Å². The van der Waals surface area contributed by atoms with Gasteiger partial charge in [-0.05, 0) is 23.9 Å². The lowest BCUT2D eigenvalue weighted by atomic mass is 10.2. The number of allylic oxidation sites excluding steroid dienone is 1. The van der Waals surface area contributed by atoms with E-state index in [9.17, 15) is 0 Å². The largest absolute Gasteiger partial charge is 0.250 e. The van der Waals surface area contributed by atoms with Crippen LogP contribution >= 0.6 is 12.2 Å². The van der Waals surface area contributed by atoms with E-state index in [-0.39, 0.29) is 5.92 Å². The van der Waals surface area contributed by atoms with Gasteiger partial charge in [0.2, 0.25) is 4.77 Å². The van der Waals surface area contributed by atoms with Crippen molar-refractivity contribution >= 4 is 24.5 Å². The van der Waals surface area contributed by atoms with E-state index < -0.39 is 0 Å². The topological polar surface area (TPSA) is 46.0 Å². The molecule has 0 fully saturated rings. The second-order valence-corrected chi connectivity index (χ2v) is 4.77. The molecule has 1 heterocycles. The molecule has 0 amide bonds.